The second-order valence-electron chi connectivity index (χ2n) is 7.52. The van der Waals surface area contributed by atoms with E-state index in [2.05, 4.69) is 40.6 Å². The topological polar surface area (TPSA) is 67.4 Å². The van der Waals surface area contributed by atoms with Crippen molar-refractivity contribution in [1.29, 1.82) is 0 Å². The summed E-state index contributed by atoms with van der Waals surface area (Å²) in [5, 5.41) is 0. The third kappa shape index (κ3) is 6.43. The Labute approximate surface area is 190 Å². The van der Waals surface area contributed by atoms with Gasteiger partial charge in [-0.25, -0.2) is 0 Å². The van der Waals surface area contributed by atoms with Crippen LogP contribution in [0.25, 0.3) is 11.1 Å². The molecule has 2 amide bonds. The maximum absolute atomic E-state index is 12.7. The molecule has 0 atom stereocenters. The van der Waals surface area contributed by atoms with Crippen LogP contribution in [0.4, 0.5) is 0 Å². The largest absolute Gasteiger partial charge is 0.493 e. The molecule has 0 aliphatic rings. The van der Waals surface area contributed by atoms with Crippen molar-refractivity contribution in [2.75, 3.05) is 6.61 Å². The second kappa shape index (κ2) is 10.8. The van der Waals surface area contributed by atoms with Crippen LogP contribution in [-0.4, -0.2) is 18.4 Å². The van der Waals surface area contributed by atoms with Gasteiger partial charge in [0.05, 0.1) is 12.2 Å². The third-order valence-electron chi connectivity index (χ3n) is 4.68. The molecule has 6 heteroatoms. The molecule has 3 rings (SSSR count). The van der Waals surface area contributed by atoms with Gasteiger partial charge in [-0.3, -0.25) is 20.4 Å². The number of ether oxygens (including phenoxy) is 1. The first-order chi connectivity index (χ1) is 14.9. The van der Waals surface area contributed by atoms with Crippen molar-refractivity contribution in [2.24, 2.45) is 5.92 Å². The number of carbonyl (C=O) groups excluding carboxylic acids is 2. The third-order valence-corrected chi connectivity index (χ3v) is 5.18. The van der Waals surface area contributed by atoms with Crippen LogP contribution < -0.4 is 15.6 Å². The van der Waals surface area contributed by atoms with Crippen molar-refractivity contribution < 1.29 is 14.3 Å². The zero-order valence-electron chi connectivity index (χ0n) is 17.5. The van der Waals surface area contributed by atoms with Crippen LogP contribution in [0.15, 0.2) is 77.3 Å². The molecule has 0 aromatic heterocycles. The maximum Gasteiger partial charge on any atom is 0.273 e. The van der Waals surface area contributed by atoms with E-state index in [0.29, 0.717) is 29.4 Å². The molecular formula is C25H25BrN2O3. The standard InChI is InChI=1S/C25H25BrN2O3/c1-17(2)14-15-31-23-13-12-21(26)16-22(23)25(30)28-27-24(29)20-10-8-19(9-11-20)18-6-4-3-5-7-18/h3-13,16-17H,14-15H2,1-2H3,(H,27,29)(H,28,30). The highest BCUT2D eigenvalue weighted by Crippen LogP contribution is 2.24. The second-order valence-corrected chi connectivity index (χ2v) is 8.44. The highest BCUT2D eigenvalue weighted by molar-refractivity contribution is 9.10. The highest BCUT2D eigenvalue weighted by Gasteiger charge is 2.15. The molecule has 3 aromatic rings. The molecular weight excluding hydrogens is 456 g/mol. The molecule has 0 unspecified atom stereocenters. The van der Waals surface area contributed by atoms with E-state index in [-0.39, 0.29) is 0 Å². The lowest BCUT2D eigenvalue weighted by Crippen LogP contribution is -2.41. The molecule has 0 fully saturated rings. The van der Waals surface area contributed by atoms with Crippen LogP contribution in [0.1, 0.15) is 41.0 Å². The van der Waals surface area contributed by atoms with Gasteiger partial charge in [0, 0.05) is 10.0 Å². The molecule has 0 aliphatic heterocycles. The van der Waals surface area contributed by atoms with Crippen LogP contribution in [0.2, 0.25) is 0 Å². The quantitative estimate of drug-likeness (QED) is 0.431. The van der Waals surface area contributed by atoms with Gasteiger partial charge in [-0.1, -0.05) is 72.2 Å². The fraction of sp³-hybridized carbons (Fsp3) is 0.200. The Bertz CT molecular complexity index is 1030. The van der Waals surface area contributed by atoms with Crippen molar-refractivity contribution >= 4 is 27.7 Å². The van der Waals surface area contributed by atoms with Crippen molar-refractivity contribution in [3.8, 4) is 16.9 Å². The summed E-state index contributed by atoms with van der Waals surface area (Å²) in [6.07, 6.45) is 0.882. The van der Waals surface area contributed by atoms with Crippen molar-refractivity contribution in [1.82, 2.24) is 10.9 Å². The van der Waals surface area contributed by atoms with Crippen LogP contribution >= 0.6 is 15.9 Å². The van der Waals surface area contributed by atoms with Crippen LogP contribution in [-0.2, 0) is 0 Å². The first kappa shape index (κ1) is 22.6. The predicted molar refractivity (Wildman–Crippen MR) is 126 cm³/mol. The molecule has 160 valence electrons. The molecule has 0 spiro atoms. The zero-order valence-corrected chi connectivity index (χ0v) is 19.1. The molecule has 0 aliphatic carbocycles. The fourth-order valence-electron chi connectivity index (χ4n) is 2.91. The first-order valence-corrected chi connectivity index (χ1v) is 10.9. The maximum atomic E-state index is 12.7. The Morgan fingerprint density at radius 2 is 1.52 bits per heavy atom. The monoisotopic (exact) mass is 480 g/mol. The van der Waals surface area contributed by atoms with Crippen LogP contribution in [0.3, 0.4) is 0 Å². The van der Waals surface area contributed by atoms with E-state index in [0.717, 1.165) is 22.0 Å². The van der Waals surface area contributed by atoms with E-state index in [9.17, 15) is 9.59 Å². The summed E-state index contributed by atoms with van der Waals surface area (Å²) in [6.45, 7) is 4.74. The lowest BCUT2D eigenvalue weighted by atomic mass is 10.0. The Balaban J connectivity index is 1.62. The predicted octanol–water partition coefficient (Wildman–Crippen LogP) is 5.62. The number of rotatable bonds is 7. The Morgan fingerprint density at radius 3 is 2.19 bits per heavy atom. The van der Waals surface area contributed by atoms with Crippen LogP contribution in [0, 0.1) is 5.92 Å². The molecule has 0 heterocycles. The molecule has 31 heavy (non-hydrogen) atoms. The van der Waals surface area contributed by atoms with E-state index < -0.39 is 11.8 Å². The molecule has 2 N–H and O–H groups in total. The summed E-state index contributed by atoms with van der Waals surface area (Å²) < 4.78 is 6.52. The van der Waals surface area contributed by atoms with Gasteiger partial charge >= 0.3 is 0 Å². The molecule has 0 radical (unpaired) electrons. The van der Waals surface area contributed by atoms with Gasteiger partial charge in [-0.2, -0.15) is 0 Å². The zero-order chi connectivity index (χ0) is 22.2. The summed E-state index contributed by atoms with van der Waals surface area (Å²) in [5.74, 6) is 0.128. The summed E-state index contributed by atoms with van der Waals surface area (Å²) in [5.41, 5.74) is 7.82. The summed E-state index contributed by atoms with van der Waals surface area (Å²) in [7, 11) is 0. The molecule has 0 saturated carbocycles. The number of carbonyl (C=O) groups is 2. The fourth-order valence-corrected chi connectivity index (χ4v) is 3.27. The number of hydrazine groups is 1. The molecule has 3 aromatic carbocycles. The minimum Gasteiger partial charge on any atom is -0.493 e. The normalized spacial score (nSPS) is 10.6. The lowest BCUT2D eigenvalue weighted by molar-refractivity contribution is 0.0844. The lowest BCUT2D eigenvalue weighted by Gasteiger charge is -2.14. The summed E-state index contributed by atoms with van der Waals surface area (Å²) >= 11 is 3.38. The Hall–Kier alpha value is -3.12. The number of hydrogen-bond donors (Lipinski definition) is 2. The average molecular weight is 481 g/mol. The van der Waals surface area contributed by atoms with E-state index >= 15 is 0 Å². The van der Waals surface area contributed by atoms with Crippen molar-refractivity contribution in [3.63, 3.8) is 0 Å². The minimum atomic E-state index is -0.449. The van der Waals surface area contributed by atoms with Gasteiger partial charge in [0.15, 0.2) is 0 Å². The molecule has 5 nitrogen and oxygen atoms in total. The van der Waals surface area contributed by atoms with E-state index in [1.807, 2.05) is 48.5 Å². The van der Waals surface area contributed by atoms with Crippen molar-refractivity contribution in [2.45, 2.75) is 20.3 Å². The SMILES string of the molecule is CC(C)CCOc1ccc(Br)cc1C(=O)NNC(=O)c1ccc(-c2ccccc2)cc1. The Kier molecular flexibility index (Phi) is 7.84. The van der Waals surface area contributed by atoms with Gasteiger partial charge in [-0.05, 0) is 53.8 Å². The van der Waals surface area contributed by atoms with Gasteiger partial charge in [0.2, 0.25) is 0 Å². The van der Waals surface area contributed by atoms with Crippen molar-refractivity contribution in [3.05, 3.63) is 88.4 Å². The minimum absolute atomic E-state index is 0.345. The number of halogens is 1. The van der Waals surface area contributed by atoms with Gasteiger partial charge in [0.25, 0.3) is 11.8 Å². The number of nitrogens with one attached hydrogen (secondary N) is 2. The van der Waals surface area contributed by atoms with Gasteiger partial charge in [-0.15, -0.1) is 0 Å². The van der Waals surface area contributed by atoms with E-state index in [1.54, 1.807) is 24.3 Å². The van der Waals surface area contributed by atoms with Gasteiger partial charge in [0.1, 0.15) is 5.75 Å². The van der Waals surface area contributed by atoms with E-state index in [4.69, 9.17) is 4.74 Å². The number of amides is 2. The smallest absolute Gasteiger partial charge is 0.273 e. The van der Waals surface area contributed by atoms with Gasteiger partial charge < -0.3 is 4.74 Å². The number of benzene rings is 3. The average Bonchev–Trinajstić information content (AvgIpc) is 2.78. The highest BCUT2D eigenvalue weighted by atomic mass is 79.9. The first-order valence-electron chi connectivity index (χ1n) is 10.1. The van der Waals surface area contributed by atoms with Crippen LogP contribution in [0.5, 0.6) is 5.75 Å². The molecule has 0 saturated heterocycles. The summed E-state index contributed by atoms with van der Waals surface area (Å²) in [6, 6.07) is 22.3. The van der Waals surface area contributed by atoms with E-state index in [1.165, 1.54) is 0 Å². The Morgan fingerprint density at radius 1 is 0.871 bits per heavy atom. The number of hydrogen-bond acceptors (Lipinski definition) is 3. The molecule has 0 bridgehead atoms. The summed E-state index contributed by atoms with van der Waals surface area (Å²) in [4.78, 5) is 25.1.